The van der Waals surface area contributed by atoms with Crippen LogP contribution in [0.1, 0.15) is 24.3 Å². The third kappa shape index (κ3) is 5.77. The summed E-state index contributed by atoms with van der Waals surface area (Å²) in [6.07, 6.45) is 1.93. The fourth-order valence-corrected chi connectivity index (χ4v) is 3.52. The van der Waals surface area contributed by atoms with Gasteiger partial charge in [0.05, 0.1) is 4.34 Å². The molecule has 1 heterocycles. The van der Waals surface area contributed by atoms with Gasteiger partial charge >= 0.3 is 0 Å². The van der Waals surface area contributed by atoms with E-state index in [1.807, 2.05) is 18.2 Å². The molecule has 0 aliphatic carbocycles. The second-order valence-electron chi connectivity index (χ2n) is 5.67. The third-order valence-corrected chi connectivity index (χ3v) is 4.62. The van der Waals surface area contributed by atoms with E-state index in [1.165, 1.54) is 22.6 Å². The van der Waals surface area contributed by atoms with E-state index in [4.69, 9.17) is 11.6 Å². The zero-order valence-corrected chi connectivity index (χ0v) is 14.0. The molecule has 1 atom stereocenters. The molecule has 0 amide bonds. The van der Waals surface area contributed by atoms with E-state index in [2.05, 4.69) is 25.2 Å². The first kappa shape index (κ1) is 16.5. The van der Waals surface area contributed by atoms with Crippen LogP contribution in [0.25, 0.3) is 0 Å². The molecule has 0 saturated heterocycles. The van der Waals surface area contributed by atoms with Crippen LogP contribution < -0.4 is 5.32 Å². The summed E-state index contributed by atoms with van der Waals surface area (Å²) >= 11 is 7.65. The molecule has 1 unspecified atom stereocenters. The first-order valence-electron chi connectivity index (χ1n) is 7.25. The Kier molecular flexibility index (Phi) is 6.22. The van der Waals surface area contributed by atoms with Crippen LogP contribution in [0.5, 0.6) is 0 Å². The van der Waals surface area contributed by atoms with E-state index in [0.717, 1.165) is 23.7 Å². The smallest absolute Gasteiger partial charge is 0.123 e. The molecule has 0 spiro atoms. The number of rotatable bonds is 7. The van der Waals surface area contributed by atoms with Gasteiger partial charge < -0.3 is 5.32 Å². The number of nitrogens with one attached hydrogen (secondary N) is 1. The Bertz CT molecular complexity index is 550. The normalized spacial score (nSPS) is 12.8. The second-order valence-corrected chi connectivity index (χ2v) is 7.47. The summed E-state index contributed by atoms with van der Waals surface area (Å²) in [6.45, 7) is 5.25. The van der Waals surface area contributed by atoms with Crippen LogP contribution in [0, 0.1) is 11.7 Å². The minimum Gasteiger partial charge on any atom is -0.314 e. The molecule has 0 radical (unpaired) electrons. The first-order valence-corrected chi connectivity index (χ1v) is 8.44. The SMILES string of the molecule is CC(C)NCC(Cc1ccc(F)cc1)Cc1ccc(Cl)s1. The Labute approximate surface area is 135 Å². The van der Waals surface area contributed by atoms with Crippen molar-refractivity contribution in [2.45, 2.75) is 32.7 Å². The lowest BCUT2D eigenvalue weighted by Gasteiger charge is -2.19. The molecule has 4 heteroatoms. The van der Waals surface area contributed by atoms with E-state index in [-0.39, 0.29) is 5.82 Å². The highest BCUT2D eigenvalue weighted by Gasteiger charge is 2.13. The lowest BCUT2D eigenvalue weighted by atomic mass is 9.95. The average Bonchev–Trinajstić information content (AvgIpc) is 2.84. The topological polar surface area (TPSA) is 12.0 Å². The summed E-state index contributed by atoms with van der Waals surface area (Å²) in [5.74, 6) is 0.299. The summed E-state index contributed by atoms with van der Waals surface area (Å²) in [5, 5.41) is 3.50. The second kappa shape index (κ2) is 7.92. The van der Waals surface area contributed by atoms with Crippen molar-refractivity contribution in [3.63, 3.8) is 0 Å². The molecule has 1 N–H and O–H groups in total. The van der Waals surface area contributed by atoms with Crippen molar-refractivity contribution in [2.75, 3.05) is 6.54 Å². The standard InChI is InChI=1S/C17H21ClFNS/c1-12(2)20-11-14(10-16-7-8-17(18)21-16)9-13-3-5-15(19)6-4-13/h3-8,12,14,20H,9-11H2,1-2H3. The largest absolute Gasteiger partial charge is 0.314 e. The van der Waals surface area contributed by atoms with Gasteiger partial charge in [-0.2, -0.15) is 0 Å². The quantitative estimate of drug-likeness (QED) is 0.760. The maximum atomic E-state index is 13.0. The number of hydrogen-bond acceptors (Lipinski definition) is 2. The van der Waals surface area contributed by atoms with Gasteiger partial charge in [0.2, 0.25) is 0 Å². The lowest BCUT2D eigenvalue weighted by Crippen LogP contribution is -2.30. The highest BCUT2D eigenvalue weighted by atomic mass is 35.5. The van der Waals surface area contributed by atoms with Gasteiger partial charge in [0.25, 0.3) is 0 Å². The van der Waals surface area contributed by atoms with Crippen molar-refractivity contribution in [1.29, 1.82) is 0 Å². The Morgan fingerprint density at radius 3 is 2.38 bits per heavy atom. The Hall–Kier alpha value is -0.900. The van der Waals surface area contributed by atoms with Gasteiger partial charge in [0.15, 0.2) is 0 Å². The lowest BCUT2D eigenvalue weighted by molar-refractivity contribution is 0.446. The summed E-state index contributed by atoms with van der Waals surface area (Å²) in [6, 6.07) is 11.3. The zero-order chi connectivity index (χ0) is 15.2. The third-order valence-electron chi connectivity index (χ3n) is 3.37. The van der Waals surface area contributed by atoms with E-state index in [1.54, 1.807) is 11.3 Å². The molecule has 0 aliphatic rings. The van der Waals surface area contributed by atoms with Gasteiger partial charge in [-0.15, -0.1) is 11.3 Å². The molecule has 1 nitrogen and oxygen atoms in total. The van der Waals surface area contributed by atoms with Crippen LogP contribution in [-0.4, -0.2) is 12.6 Å². The van der Waals surface area contributed by atoms with Crippen molar-refractivity contribution in [3.05, 3.63) is 57.0 Å². The minimum atomic E-state index is -0.180. The molecule has 1 aromatic carbocycles. The molecule has 21 heavy (non-hydrogen) atoms. The molecule has 114 valence electrons. The molecular weight excluding hydrogens is 305 g/mol. The predicted octanol–water partition coefficient (Wildman–Crippen LogP) is 4.94. The van der Waals surface area contributed by atoms with Gasteiger partial charge in [-0.3, -0.25) is 0 Å². The molecule has 0 fully saturated rings. The highest BCUT2D eigenvalue weighted by molar-refractivity contribution is 7.16. The molecule has 0 aliphatic heterocycles. The maximum absolute atomic E-state index is 13.0. The Morgan fingerprint density at radius 2 is 1.81 bits per heavy atom. The monoisotopic (exact) mass is 325 g/mol. The van der Waals surface area contributed by atoms with E-state index in [9.17, 15) is 4.39 Å². The zero-order valence-electron chi connectivity index (χ0n) is 12.4. The van der Waals surface area contributed by atoms with E-state index in [0.29, 0.717) is 12.0 Å². The van der Waals surface area contributed by atoms with Gasteiger partial charge in [0, 0.05) is 10.9 Å². The van der Waals surface area contributed by atoms with E-state index < -0.39 is 0 Å². The van der Waals surface area contributed by atoms with Crippen LogP contribution in [0.15, 0.2) is 36.4 Å². The molecule has 2 rings (SSSR count). The van der Waals surface area contributed by atoms with Crippen LogP contribution >= 0.6 is 22.9 Å². The number of halogens is 2. The molecule has 2 aromatic rings. The summed E-state index contributed by atoms with van der Waals surface area (Å²) in [7, 11) is 0. The van der Waals surface area contributed by atoms with Crippen LogP contribution in [0.2, 0.25) is 4.34 Å². The van der Waals surface area contributed by atoms with Gasteiger partial charge in [-0.1, -0.05) is 37.6 Å². The van der Waals surface area contributed by atoms with Crippen LogP contribution in [0.3, 0.4) is 0 Å². The minimum absolute atomic E-state index is 0.180. The van der Waals surface area contributed by atoms with Gasteiger partial charge in [0.1, 0.15) is 5.82 Å². The van der Waals surface area contributed by atoms with Gasteiger partial charge in [-0.05, 0) is 55.1 Å². The van der Waals surface area contributed by atoms with Gasteiger partial charge in [-0.25, -0.2) is 4.39 Å². The number of thiophene rings is 1. The summed E-state index contributed by atoms with van der Waals surface area (Å²) in [4.78, 5) is 1.30. The van der Waals surface area contributed by atoms with Crippen molar-refractivity contribution >= 4 is 22.9 Å². The van der Waals surface area contributed by atoms with Crippen LogP contribution in [0.4, 0.5) is 4.39 Å². The highest BCUT2D eigenvalue weighted by Crippen LogP contribution is 2.25. The fourth-order valence-electron chi connectivity index (χ4n) is 2.32. The fraction of sp³-hybridized carbons (Fsp3) is 0.412. The number of benzene rings is 1. The van der Waals surface area contributed by atoms with E-state index >= 15 is 0 Å². The number of hydrogen-bond donors (Lipinski definition) is 1. The predicted molar refractivity (Wildman–Crippen MR) is 89.8 cm³/mol. The van der Waals surface area contributed by atoms with Crippen molar-refractivity contribution < 1.29 is 4.39 Å². The Morgan fingerprint density at radius 1 is 1.10 bits per heavy atom. The molecule has 0 bridgehead atoms. The average molecular weight is 326 g/mol. The summed E-state index contributed by atoms with van der Waals surface area (Å²) in [5.41, 5.74) is 1.18. The van der Waals surface area contributed by atoms with Crippen molar-refractivity contribution in [1.82, 2.24) is 5.32 Å². The molecule has 1 aromatic heterocycles. The Balaban J connectivity index is 2.02. The molecular formula is C17H21ClFNS. The molecule has 0 saturated carbocycles. The van der Waals surface area contributed by atoms with Crippen molar-refractivity contribution in [3.8, 4) is 0 Å². The van der Waals surface area contributed by atoms with Crippen molar-refractivity contribution in [2.24, 2.45) is 5.92 Å². The first-order chi connectivity index (χ1) is 10.0. The summed E-state index contributed by atoms with van der Waals surface area (Å²) < 4.78 is 13.8. The van der Waals surface area contributed by atoms with Crippen LogP contribution in [-0.2, 0) is 12.8 Å². The maximum Gasteiger partial charge on any atom is 0.123 e.